The van der Waals surface area contributed by atoms with Crippen molar-refractivity contribution in [3.05, 3.63) is 59.1 Å². The second-order valence-electron chi connectivity index (χ2n) is 5.44. The molecule has 5 nitrogen and oxygen atoms in total. The van der Waals surface area contributed by atoms with E-state index in [1.807, 2.05) is 54.1 Å². The topological polar surface area (TPSA) is 59.3 Å². The number of para-hydroxylation sites is 2. The fourth-order valence-electron chi connectivity index (χ4n) is 2.38. The summed E-state index contributed by atoms with van der Waals surface area (Å²) in [6.45, 7) is 1.81. The summed E-state index contributed by atoms with van der Waals surface area (Å²) < 4.78 is 1.98. The minimum absolute atomic E-state index is 0.191. The Kier molecular flexibility index (Phi) is 5.40. The van der Waals surface area contributed by atoms with Gasteiger partial charge in [0.1, 0.15) is 0 Å². The van der Waals surface area contributed by atoms with E-state index in [4.69, 9.17) is 11.6 Å². The maximum Gasteiger partial charge on any atom is 0.250 e. The van der Waals surface area contributed by atoms with Gasteiger partial charge in [0.25, 0.3) is 5.91 Å². The number of hydrogen-bond donors (Lipinski definition) is 1. The van der Waals surface area contributed by atoms with Crippen LogP contribution in [0.25, 0.3) is 11.0 Å². The normalized spacial score (nSPS) is 11.7. The standard InChI is InChI=1S/C18H17ClN4OS/c1-12(13-7-3-4-8-14(13)19)21-22-17(24)11-25-18-20-15-9-5-6-10-16(15)23(18)2/h3-10H,11H2,1-2H3,(H,22,24). The van der Waals surface area contributed by atoms with E-state index in [0.717, 1.165) is 21.8 Å². The van der Waals surface area contributed by atoms with Crippen LogP contribution in [0.2, 0.25) is 5.02 Å². The van der Waals surface area contributed by atoms with E-state index in [1.165, 1.54) is 11.8 Å². The minimum Gasteiger partial charge on any atom is -0.322 e. The van der Waals surface area contributed by atoms with Crippen LogP contribution in [0.15, 0.2) is 58.8 Å². The number of thioether (sulfide) groups is 1. The van der Waals surface area contributed by atoms with Gasteiger partial charge in [-0.25, -0.2) is 10.4 Å². The Morgan fingerprint density at radius 1 is 1.24 bits per heavy atom. The lowest BCUT2D eigenvalue weighted by atomic mass is 10.1. The fraction of sp³-hybridized carbons (Fsp3) is 0.167. The number of halogens is 1. The number of benzene rings is 2. The molecule has 0 atom stereocenters. The van der Waals surface area contributed by atoms with E-state index in [9.17, 15) is 4.79 Å². The molecule has 0 aliphatic rings. The SMILES string of the molecule is CC(=NNC(=O)CSc1nc2ccccc2n1C)c1ccccc1Cl. The number of imidazole rings is 1. The zero-order chi connectivity index (χ0) is 17.8. The predicted molar refractivity (Wildman–Crippen MR) is 103 cm³/mol. The van der Waals surface area contributed by atoms with E-state index >= 15 is 0 Å². The average molecular weight is 373 g/mol. The van der Waals surface area contributed by atoms with E-state index < -0.39 is 0 Å². The summed E-state index contributed by atoms with van der Waals surface area (Å²) in [5.41, 5.74) is 5.98. The summed E-state index contributed by atoms with van der Waals surface area (Å²) in [5, 5.41) is 5.52. The molecule has 0 bridgehead atoms. The Labute approximate surface area is 155 Å². The number of rotatable bonds is 5. The van der Waals surface area contributed by atoms with Gasteiger partial charge in [-0.2, -0.15) is 5.10 Å². The summed E-state index contributed by atoms with van der Waals surface area (Å²) >= 11 is 7.50. The largest absolute Gasteiger partial charge is 0.322 e. The molecule has 1 aromatic heterocycles. The number of hydrazone groups is 1. The lowest BCUT2D eigenvalue weighted by molar-refractivity contribution is -0.118. The van der Waals surface area contributed by atoms with Crippen LogP contribution in [0, 0.1) is 0 Å². The molecule has 0 spiro atoms. The van der Waals surface area contributed by atoms with Crippen molar-refractivity contribution in [3.63, 3.8) is 0 Å². The first kappa shape index (κ1) is 17.5. The second kappa shape index (κ2) is 7.72. The molecule has 1 amide bonds. The molecule has 0 saturated heterocycles. The third-order valence-corrected chi connectivity index (χ3v) is 5.05. The first-order valence-electron chi connectivity index (χ1n) is 7.68. The van der Waals surface area contributed by atoms with Gasteiger partial charge in [0.15, 0.2) is 5.16 Å². The van der Waals surface area contributed by atoms with Gasteiger partial charge in [-0.1, -0.05) is 53.7 Å². The van der Waals surface area contributed by atoms with Crippen LogP contribution in [0.3, 0.4) is 0 Å². The van der Waals surface area contributed by atoms with Crippen LogP contribution in [-0.4, -0.2) is 26.9 Å². The van der Waals surface area contributed by atoms with Crippen molar-refractivity contribution in [2.75, 3.05) is 5.75 Å². The Bertz CT molecular complexity index is 951. The smallest absolute Gasteiger partial charge is 0.250 e. The van der Waals surface area contributed by atoms with Crippen molar-refractivity contribution in [1.82, 2.24) is 15.0 Å². The summed E-state index contributed by atoms with van der Waals surface area (Å²) in [6, 6.07) is 15.3. The van der Waals surface area contributed by atoms with E-state index in [2.05, 4.69) is 15.5 Å². The van der Waals surface area contributed by atoms with Gasteiger partial charge in [-0.05, 0) is 25.1 Å². The quantitative estimate of drug-likeness (QED) is 0.420. The van der Waals surface area contributed by atoms with E-state index in [-0.39, 0.29) is 11.7 Å². The van der Waals surface area contributed by atoms with Crippen LogP contribution in [-0.2, 0) is 11.8 Å². The monoisotopic (exact) mass is 372 g/mol. The Balaban J connectivity index is 1.62. The van der Waals surface area contributed by atoms with Crippen molar-refractivity contribution >= 4 is 46.0 Å². The summed E-state index contributed by atoms with van der Waals surface area (Å²) in [4.78, 5) is 16.6. The number of nitrogens with zero attached hydrogens (tertiary/aromatic N) is 3. The highest BCUT2D eigenvalue weighted by molar-refractivity contribution is 7.99. The number of nitrogens with one attached hydrogen (secondary N) is 1. The van der Waals surface area contributed by atoms with Crippen LogP contribution in [0.4, 0.5) is 0 Å². The van der Waals surface area contributed by atoms with E-state index in [1.54, 1.807) is 13.0 Å². The Morgan fingerprint density at radius 3 is 2.72 bits per heavy atom. The highest BCUT2D eigenvalue weighted by Gasteiger charge is 2.10. The maximum absolute atomic E-state index is 12.1. The van der Waals surface area contributed by atoms with Crippen LogP contribution < -0.4 is 5.43 Å². The van der Waals surface area contributed by atoms with Gasteiger partial charge in [0.05, 0.1) is 22.5 Å². The highest BCUT2D eigenvalue weighted by Crippen LogP contribution is 2.22. The van der Waals surface area contributed by atoms with E-state index in [0.29, 0.717) is 10.7 Å². The molecule has 3 aromatic rings. The molecule has 2 aromatic carbocycles. The molecule has 0 aliphatic carbocycles. The number of fused-ring (bicyclic) bond motifs is 1. The number of carbonyl (C=O) groups excluding carboxylic acids is 1. The zero-order valence-electron chi connectivity index (χ0n) is 13.9. The molecular weight excluding hydrogens is 356 g/mol. The molecule has 7 heteroatoms. The van der Waals surface area contributed by atoms with Gasteiger partial charge in [0.2, 0.25) is 0 Å². The van der Waals surface area contributed by atoms with Crippen molar-refractivity contribution in [2.45, 2.75) is 12.1 Å². The lowest BCUT2D eigenvalue weighted by Crippen LogP contribution is -2.21. The first-order chi connectivity index (χ1) is 12.1. The number of amides is 1. The molecule has 25 heavy (non-hydrogen) atoms. The number of hydrogen-bond acceptors (Lipinski definition) is 4. The molecule has 0 fully saturated rings. The molecular formula is C18H17ClN4OS. The summed E-state index contributed by atoms with van der Waals surface area (Å²) in [5.74, 6) is 0.0414. The molecule has 1 heterocycles. The molecule has 128 valence electrons. The van der Waals surface area contributed by atoms with Crippen LogP contribution in [0.1, 0.15) is 12.5 Å². The molecule has 0 unspecified atom stereocenters. The third kappa shape index (κ3) is 4.03. The van der Waals surface area contributed by atoms with Gasteiger partial charge in [0, 0.05) is 17.6 Å². The number of aryl methyl sites for hydroxylation is 1. The zero-order valence-corrected chi connectivity index (χ0v) is 15.4. The summed E-state index contributed by atoms with van der Waals surface area (Å²) in [7, 11) is 1.94. The van der Waals surface area contributed by atoms with Gasteiger partial charge in [-0.3, -0.25) is 4.79 Å². The summed E-state index contributed by atoms with van der Waals surface area (Å²) in [6.07, 6.45) is 0. The lowest BCUT2D eigenvalue weighted by Gasteiger charge is -2.05. The molecule has 3 rings (SSSR count). The number of aromatic nitrogens is 2. The second-order valence-corrected chi connectivity index (χ2v) is 6.79. The molecule has 1 N–H and O–H groups in total. The van der Waals surface area contributed by atoms with Crippen molar-refractivity contribution in [3.8, 4) is 0 Å². The molecule has 0 radical (unpaired) electrons. The average Bonchev–Trinajstić information content (AvgIpc) is 2.94. The van der Waals surface area contributed by atoms with Gasteiger partial charge >= 0.3 is 0 Å². The molecule has 0 aliphatic heterocycles. The van der Waals surface area contributed by atoms with Crippen molar-refractivity contribution < 1.29 is 4.79 Å². The van der Waals surface area contributed by atoms with Gasteiger partial charge in [-0.15, -0.1) is 0 Å². The van der Waals surface area contributed by atoms with Crippen LogP contribution >= 0.6 is 23.4 Å². The van der Waals surface area contributed by atoms with Gasteiger partial charge < -0.3 is 4.57 Å². The van der Waals surface area contributed by atoms with Crippen molar-refractivity contribution in [2.24, 2.45) is 12.1 Å². The fourth-order valence-corrected chi connectivity index (χ4v) is 3.43. The van der Waals surface area contributed by atoms with Crippen molar-refractivity contribution in [1.29, 1.82) is 0 Å². The third-order valence-electron chi connectivity index (χ3n) is 3.69. The minimum atomic E-state index is -0.191. The Morgan fingerprint density at radius 2 is 1.96 bits per heavy atom. The predicted octanol–water partition coefficient (Wildman–Crippen LogP) is 3.86. The highest BCUT2D eigenvalue weighted by atomic mass is 35.5. The molecule has 0 saturated carbocycles. The number of carbonyl (C=O) groups is 1. The van der Waals surface area contributed by atoms with Crippen LogP contribution in [0.5, 0.6) is 0 Å². The Hall–Kier alpha value is -2.31. The maximum atomic E-state index is 12.1. The first-order valence-corrected chi connectivity index (χ1v) is 9.05.